The maximum atomic E-state index is 12.7. The first-order chi connectivity index (χ1) is 9.02. The number of benzene rings is 1. The van der Waals surface area contributed by atoms with Gasteiger partial charge in [-0.05, 0) is 17.7 Å². The molecule has 0 bridgehead atoms. The molecule has 0 aromatic heterocycles. The van der Waals surface area contributed by atoms with Gasteiger partial charge in [0.2, 0.25) is 0 Å². The highest BCUT2D eigenvalue weighted by molar-refractivity contribution is 5.28. The van der Waals surface area contributed by atoms with Gasteiger partial charge in [-0.15, -0.1) is 0 Å². The van der Waals surface area contributed by atoms with E-state index in [0.717, 1.165) is 12.1 Å². The molecule has 1 fully saturated rings. The van der Waals surface area contributed by atoms with Crippen molar-refractivity contribution in [1.29, 1.82) is 0 Å². The van der Waals surface area contributed by atoms with Gasteiger partial charge in [0.05, 0.1) is 31.4 Å². The summed E-state index contributed by atoms with van der Waals surface area (Å²) in [4.78, 5) is 1.94. The molecule has 1 saturated heterocycles. The van der Waals surface area contributed by atoms with E-state index in [2.05, 4.69) is 0 Å². The van der Waals surface area contributed by atoms with Crippen molar-refractivity contribution in [2.45, 2.75) is 12.2 Å². The number of rotatable bonds is 3. The van der Waals surface area contributed by atoms with E-state index >= 15 is 0 Å². The molecule has 1 N–H and O–H groups in total. The fraction of sp³-hybridized carbons (Fsp3) is 0.538. The molecule has 0 spiro atoms. The van der Waals surface area contributed by atoms with Crippen LogP contribution in [0.25, 0.3) is 0 Å². The molecule has 0 radical (unpaired) electrons. The molecule has 6 heteroatoms. The highest BCUT2D eigenvalue weighted by Crippen LogP contribution is 2.32. The summed E-state index contributed by atoms with van der Waals surface area (Å²) in [5.74, 6) is 0. The number of alkyl halides is 3. The third kappa shape index (κ3) is 3.46. The summed E-state index contributed by atoms with van der Waals surface area (Å²) < 4.78 is 43.2. The van der Waals surface area contributed by atoms with Crippen LogP contribution in [-0.4, -0.2) is 42.9 Å². The Bertz CT molecular complexity index is 417. The Morgan fingerprint density at radius 1 is 1.26 bits per heavy atom. The summed E-state index contributed by atoms with van der Waals surface area (Å²) in [5, 5.41) is 9.46. The molecule has 3 nitrogen and oxygen atoms in total. The molecular weight excluding hydrogens is 259 g/mol. The second kappa shape index (κ2) is 5.90. The van der Waals surface area contributed by atoms with E-state index in [1.807, 2.05) is 4.90 Å². The van der Waals surface area contributed by atoms with Crippen LogP contribution < -0.4 is 0 Å². The smallest absolute Gasteiger partial charge is 0.394 e. The quantitative estimate of drug-likeness (QED) is 0.916. The van der Waals surface area contributed by atoms with Crippen LogP contribution in [0.5, 0.6) is 0 Å². The van der Waals surface area contributed by atoms with E-state index in [-0.39, 0.29) is 6.61 Å². The van der Waals surface area contributed by atoms with E-state index in [1.165, 1.54) is 6.07 Å². The van der Waals surface area contributed by atoms with E-state index in [0.29, 0.717) is 31.9 Å². The molecular formula is C13H16F3NO2. The van der Waals surface area contributed by atoms with Gasteiger partial charge in [-0.3, -0.25) is 4.90 Å². The van der Waals surface area contributed by atoms with E-state index in [9.17, 15) is 18.3 Å². The van der Waals surface area contributed by atoms with Crippen molar-refractivity contribution in [3.05, 3.63) is 35.4 Å². The van der Waals surface area contributed by atoms with Crippen LogP contribution >= 0.6 is 0 Å². The van der Waals surface area contributed by atoms with E-state index in [1.54, 1.807) is 6.07 Å². The normalized spacial score (nSPS) is 19.4. The third-order valence-corrected chi connectivity index (χ3v) is 3.26. The average molecular weight is 275 g/mol. The minimum absolute atomic E-state index is 0.207. The van der Waals surface area contributed by atoms with Crippen LogP contribution in [0, 0.1) is 0 Å². The van der Waals surface area contributed by atoms with Crippen molar-refractivity contribution in [1.82, 2.24) is 4.90 Å². The number of aliphatic hydroxyl groups is 1. The molecule has 1 aliphatic rings. The Kier molecular flexibility index (Phi) is 4.44. The molecule has 1 aliphatic heterocycles. The zero-order chi connectivity index (χ0) is 13.9. The van der Waals surface area contributed by atoms with Gasteiger partial charge in [0.1, 0.15) is 0 Å². The molecule has 106 valence electrons. The highest BCUT2D eigenvalue weighted by Gasteiger charge is 2.31. The SMILES string of the molecule is OC[C@H](c1cccc(C(F)(F)F)c1)N1CCOCC1. The topological polar surface area (TPSA) is 32.7 Å². The Labute approximate surface area is 109 Å². The number of hydrogen-bond acceptors (Lipinski definition) is 3. The molecule has 1 atom stereocenters. The Morgan fingerprint density at radius 3 is 2.53 bits per heavy atom. The molecule has 19 heavy (non-hydrogen) atoms. The van der Waals surface area contributed by atoms with Crippen molar-refractivity contribution in [3.8, 4) is 0 Å². The lowest BCUT2D eigenvalue weighted by molar-refractivity contribution is -0.137. The average Bonchev–Trinajstić information content (AvgIpc) is 2.40. The van der Waals surface area contributed by atoms with Crippen LogP contribution in [0.1, 0.15) is 17.2 Å². The van der Waals surface area contributed by atoms with Crippen LogP contribution in [0.15, 0.2) is 24.3 Å². The van der Waals surface area contributed by atoms with Crippen LogP contribution in [0.4, 0.5) is 13.2 Å². The van der Waals surface area contributed by atoms with Crippen molar-refractivity contribution in [2.75, 3.05) is 32.9 Å². The van der Waals surface area contributed by atoms with Crippen LogP contribution in [0.3, 0.4) is 0 Å². The monoisotopic (exact) mass is 275 g/mol. The lowest BCUT2D eigenvalue weighted by Gasteiger charge is -2.33. The zero-order valence-corrected chi connectivity index (χ0v) is 10.4. The molecule has 1 heterocycles. The maximum Gasteiger partial charge on any atom is 0.416 e. The third-order valence-electron chi connectivity index (χ3n) is 3.26. The van der Waals surface area contributed by atoms with Gasteiger partial charge in [0.15, 0.2) is 0 Å². The summed E-state index contributed by atoms with van der Waals surface area (Å²) in [6.07, 6.45) is -4.36. The predicted molar refractivity (Wildman–Crippen MR) is 63.7 cm³/mol. The predicted octanol–water partition coefficient (Wildman–Crippen LogP) is 2.07. The Morgan fingerprint density at radius 2 is 1.95 bits per heavy atom. The van der Waals surface area contributed by atoms with Crippen LogP contribution in [0.2, 0.25) is 0 Å². The number of halogens is 3. The van der Waals surface area contributed by atoms with Gasteiger partial charge in [0, 0.05) is 13.1 Å². The largest absolute Gasteiger partial charge is 0.416 e. The van der Waals surface area contributed by atoms with E-state index < -0.39 is 17.8 Å². The maximum absolute atomic E-state index is 12.7. The summed E-state index contributed by atoms with van der Waals surface area (Å²) >= 11 is 0. The summed E-state index contributed by atoms with van der Waals surface area (Å²) in [6.45, 7) is 2.09. The van der Waals surface area contributed by atoms with Crippen molar-refractivity contribution in [2.24, 2.45) is 0 Å². The molecule has 0 aliphatic carbocycles. The van der Waals surface area contributed by atoms with Gasteiger partial charge in [-0.1, -0.05) is 12.1 Å². The van der Waals surface area contributed by atoms with Gasteiger partial charge < -0.3 is 9.84 Å². The molecule has 0 unspecified atom stereocenters. The van der Waals surface area contributed by atoms with Crippen molar-refractivity contribution in [3.63, 3.8) is 0 Å². The van der Waals surface area contributed by atoms with Crippen LogP contribution in [-0.2, 0) is 10.9 Å². The van der Waals surface area contributed by atoms with Crippen molar-refractivity contribution < 1.29 is 23.0 Å². The molecule has 0 amide bonds. The van der Waals surface area contributed by atoms with Gasteiger partial charge in [-0.25, -0.2) is 0 Å². The summed E-state index contributed by atoms with van der Waals surface area (Å²) in [6, 6.07) is 4.73. The molecule has 1 aromatic rings. The second-order valence-electron chi connectivity index (χ2n) is 4.47. The lowest BCUT2D eigenvalue weighted by atomic mass is 10.0. The Hall–Kier alpha value is -1.11. The fourth-order valence-electron chi connectivity index (χ4n) is 2.24. The first-order valence-electron chi connectivity index (χ1n) is 6.12. The van der Waals surface area contributed by atoms with E-state index in [4.69, 9.17) is 4.74 Å². The summed E-state index contributed by atoms with van der Waals surface area (Å²) in [7, 11) is 0. The fourth-order valence-corrected chi connectivity index (χ4v) is 2.24. The molecule has 1 aromatic carbocycles. The zero-order valence-electron chi connectivity index (χ0n) is 10.4. The second-order valence-corrected chi connectivity index (χ2v) is 4.47. The van der Waals surface area contributed by atoms with Gasteiger partial charge in [-0.2, -0.15) is 13.2 Å². The first kappa shape index (κ1) is 14.3. The minimum Gasteiger partial charge on any atom is -0.394 e. The standard InChI is InChI=1S/C13H16F3NO2/c14-13(15,16)11-3-1-2-10(8-11)12(9-18)17-4-6-19-7-5-17/h1-3,8,12,18H,4-7,9H2/t12-/m1/s1. The number of aliphatic hydroxyl groups excluding tert-OH is 1. The summed E-state index contributed by atoms with van der Waals surface area (Å²) in [5.41, 5.74) is -0.198. The lowest BCUT2D eigenvalue weighted by Crippen LogP contribution is -2.40. The van der Waals surface area contributed by atoms with Crippen molar-refractivity contribution >= 4 is 0 Å². The molecule has 0 saturated carbocycles. The molecule has 2 rings (SSSR count). The first-order valence-corrected chi connectivity index (χ1v) is 6.12. The Balaban J connectivity index is 2.22. The number of nitrogens with zero attached hydrogens (tertiary/aromatic N) is 1. The number of ether oxygens (including phenoxy) is 1. The van der Waals surface area contributed by atoms with Gasteiger partial charge in [0.25, 0.3) is 0 Å². The number of morpholine rings is 1. The number of hydrogen-bond donors (Lipinski definition) is 1. The highest BCUT2D eigenvalue weighted by atomic mass is 19.4. The minimum atomic E-state index is -4.36. The van der Waals surface area contributed by atoms with Gasteiger partial charge >= 0.3 is 6.18 Å².